The van der Waals surface area contributed by atoms with Gasteiger partial charge in [0.15, 0.2) is 0 Å². The second-order valence-corrected chi connectivity index (χ2v) is 15.7. The second-order valence-electron chi connectivity index (χ2n) is 11.0. The average molecular weight is 525 g/mol. The molecule has 5 nitrogen and oxygen atoms in total. The first-order valence-electron chi connectivity index (χ1n) is 12.6. The molecule has 37 heavy (non-hydrogen) atoms. The number of amides is 1. The van der Waals surface area contributed by atoms with E-state index in [9.17, 15) is 13.6 Å². The number of rotatable bonds is 2. The molecule has 0 spiro atoms. The van der Waals surface area contributed by atoms with E-state index in [1.807, 2.05) is 18.0 Å². The maximum atomic E-state index is 15.5. The van der Waals surface area contributed by atoms with Crippen molar-refractivity contribution in [3.05, 3.63) is 64.6 Å². The van der Waals surface area contributed by atoms with E-state index in [2.05, 4.69) is 41.0 Å². The minimum atomic E-state index is -1.81. The zero-order valence-corrected chi connectivity index (χ0v) is 22.6. The number of fused-ring (bicyclic) bond motifs is 3. The van der Waals surface area contributed by atoms with Crippen molar-refractivity contribution >= 4 is 30.6 Å². The molecule has 0 unspecified atom stereocenters. The van der Waals surface area contributed by atoms with Crippen LogP contribution in [-0.2, 0) is 11.2 Å². The van der Waals surface area contributed by atoms with Gasteiger partial charge in [-0.3, -0.25) is 4.79 Å². The first kappa shape index (κ1) is 25.4. The van der Waals surface area contributed by atoms with Gasteiger partial charge in [-0.15, -0.1) is 5.54 Å². The molecule has 1 atom stereocenters. The van der Waals surface area contributed by atoms with Gasteiger partial charge >= 0.3 is 0 Å². The highest BCUT2D eigenvalue weighted by atomic mass is 28.3. The molecule has 5 rings (SSSR count). The third-order valence-corrected chi connectivity index (χ3v) is 7.96. The van der Waals surface area contributed by atoms with Crippen molar-refractivity contribution in [1.29, 1.82) is 0 Å². The van der Waals surface area contributed by atoms with Crippen molar-refractivity contribution in [2.75, 3.05) is 44.7 Å². The number of aromatic nitrogens is 1. The van der Waals surface area contributed by atoms with Gasteiger partial charge in [0.25, 0.3) is 5.91 Å². The summed E-state index contributed by atoms with van der Waals surface area (Å²) in [5.41, 5.74) is 5.70. The third kappa shape index (κ3) is 5.00. The lowest BCUT2D eigenvalue weighted by Gasteiger charge is -2.36. The minimum Gasteiger partial charge on any atom is -0.367 e. The molecular formula is C28H31F3N4OSi. The molecule has 1 saturated heterocycles. The Morgan fingerprint density at radius 2 is 1.73 bits per heavy atom. The average Bonchev–Trinajstić information content (AvgIpc) is 3.21. The molecule has 1 amide bonds. The smallest absolute Gasteiger partial charge is 0.298 e. The first-order chi connectivity index (χ1) is 17.5. The van der Waals surface area contributed by atoms with Crippen LogP contribution in [-0.4, -0.2) is 68.5 Å². The van der Waals surface area contributed by atoms with E-state index in [1.54, 1.807) is 11.0 Å². The molecule has 0 saturated carbocycles. The molecular weight excluding hydrogens is 493 g/mol. The fourth-order valence-corrected chi connectivity index (χ4v) is 5.67. The third-order valence-electron chi connectivity index (χ3n) is 7.09. The van der Waals surface area contributed by atoms with Gasteiger partial charge in [-0.05, 0) is 48.7 Å². The van der Waals surface area contributed by atoms with Gasteiger partial charge in [-0.1, -0.05) is 25.7 Å². The highest BCUT2D eigenvalue weighted by Crippen LogP contribution is 2.40. The molecule has 2 aromatic carbocycles. The van der Waals surface area contributed by atoms with Crippen molar-refractivity contribution in [3.63, 3.8) is 0 Å². The van der Waals surface area contributed by atoms with Crippen LogP contribution in [0.1, 0.15) is 22.9 Å². The molecule has 1 aromatic heterocycles. The standard InChI is InChI=1S/C28H31F3N4OSi/c1-33-10-12-34(13-11-33)24-6-5-18(15-22(24)30)28-27-20(21-16-19(29)17-23(31)26(21)32-27)7-9-35(28)25(36)8-14-37(2,3)4/h5-6,15-17,28,32H,7,9-13H2,1-4H3/t28-/m0/s1. The summed E-state index contributed by atoms with van der Waals surface area (Å²) < 4.78 is 44.3. The summed E-state index contributed by atoms with van der Waals surface area (Å²) in [6.07, 6.45) is 0.414. The summed E-state index contributed by atoms with van der Waals surface area (Å²) >= 11 is 0. The molecule has 3 aromatic rings. The lowest BCUT2D eigenvalue weighted by molar-refractivity contribution is -0.127. The number of nitrogens with one attached hydrogen (secondary N) is 1. The minimum absolute atomic E-state index is 0.188. The monoisotopic (exact) mass is 524 g/mol. The number of halogens is 3. The number of aromatic amines is 1. The van der Waals surface area contributed by atoms with Gasteiger partial charge in [0.2, 0.25) is 0 Å². The van der Waals surface area contributed by atoms with Crippen LogP contribution < -0.4 is 4.90 Å². The fourth-order valence-electron chi connectivity index (χ4n) is 5.19. The molecule has 194 valence electrons. The molecule has 2 aliphatic heterocycles. The number of hydrogen-bond donors (Lipinski definition) is 1. The van der Waals surface area contributed by atoms with Crippen LogP contribution in [0.25, 0.3) is 10.9 Å². The quantitative estimate of drug-likeness (QED) is 0.391. The van der Waals surface area contributed by atoms with E-state index in [0.717, 1.165) is 37.8 Å². The number of carbonyl (C=O) groups is 1. The SMILES string of the molecule is CN1CCN(c2ccc([C@H]3c4[nH]c5c(F)cc(F)cc5c4CCN3C(=O)C#C[Si](C)(C)C)cc2F)CC1. The highest BCUT2D eigenvalue weighted by Gasteiger charge is 2.35. The maximum Gasteiger partial charge on any atom is 0.298 e. The number of piperazine rings is 1. The number of benzene rings is 2. The van der Waals surface area contributed by atoms with Gasteiger partial charge in [0.1, 0.15) is 25.5 Å². The van der Waals surface area contributed by atoms with Crippen LogP contribution in [0.3, 0.4) is 0 Å². The van der Waals surface area contributed by atoms with Crippen LogP contribution in [0.2, 0.25) is 19.6 Å². The van der Waals surface area contributed by atoms with Crippen molar-refractivity contribution in [2.24, 2.45) is 0 Å². The fraction of sp³-hybridized carbons (Fsp3) is 0.393. The Kier molecular flexibility index (Phi) is 6.58. The van der Waals surface area contributed by atoms with Crippen molar-refractivity contribution < 1.29 is 18.0 Å². The normalized spacial score (nSPS) is 18.5. The van der Waals surface area contributed by atoms with E-state index in [1.165, 1.54) is 12.1 Å². The number of likely N-dealkylation sites (N-methyl/N-ethyl adjacent to an activating group) is 1. The molecule has 1 N–H and O–H groups in total. The topological polar surface area (TPSA) is 42.6 Å². The van der Waals surface area contributed by atoms with Gasteiger partial charge in [-0.25, -0.2) is 13.2 Å². The van der Waals surface area contributed by atoms with Crippen molar-refractivity contribution in [3.8, 4) is 11.5 Å². The summed E-state index contributed by atoms with van der Waals surface area (Å²) in [6.45, 7) is 9.63. The Morgan fingerprint density at radius 3 is 2.41 bits per heavy atom. The van der Waals surface area contributed by atoms with Gasteiger partial charge in [0.05, 0.1) is 17.2 Å². The lowest BCUT2D eigenvalue weighted by atomic mass is 9.92. The van der Waals surface area contributed by atoms with E-state index >= 15 is 4.39 Å². The summed E-state index contributed by atoms with van der Waals surface area (Å²) in [6, 6.07) is 6.49. The predicted octanol–water partition coefficient (Wildman–Crippen LogP) is 4.69. The summed E-state index contributed by atoms with van der Waals surface area (Å²) in [7, 11) is 0.231. The maximum absolute atomic E-state index is 15.5. The number of anilines is 1. The van der Waals surface area contributed by atoms with Crippen LogP contribution in [0.15, 0.2) is 30.3 Å². The Labute approximate surface area is 216 Å². The summed E-state index contributed by atoms with van der Waals surface area (Å²) in [4.78, 5) is 22.3. The molecule has 0 bridgehead atoms. The summed E-state index contributed by atoms with van der Waals surface area (Å²) in [5, 5.41) is 0.451. The van der Waals surface area contributed by atoms with Gasteiger partial charge in [-0.2, -0.15) is 0 Å². The highest BCUT2D eigenvalue weighted by molar-refractivity contribution is 6.84. The van der Waals surface area contributed by atoms with Crippen LogP contribution in [0.5, 0.6) is 0 Å². The lowest BCUT2D eigenvalue weighted by Crippen LogP contribution is -2.44. The van der Waals surface area contributed by atoms with Crippen LogP contribution in [0, 0.1) is 28.9 Å². The Bertz CT molecular complexity index is 1430. The zero-order valence-electron chi connectivity index (χ0n) is 21.6. The van der Waals surface area contributed by atoms with E-state index in [0.29, 0.717) is 35.3 Å². The number of nitrogens with zero attached hydrogens (tertiary/aromatic N) is 3. The van der Waals surface area contributed by atoms with Crippen molar-refractivity contribution in [2.45, 2.75) is 32.1 Å². The largest absolute Gasteiger partial charge is 0.367 e. The first-order valence-corrected chi connectivity index (χ1v) is 16.1. The molecule has 9 heteroatoms. The Hall–Kier alpha value is -3.22. The number of hydrogen-bond acceptors (Lipinski definition) is 3. The van der Waals surface area contributed by atoms with Gasteiger partial charge in [0, 0.05) is 49.9 Å². The predicted molar refractivity (Wildman–Crippen MR) is 143 cm³/mol. The van der Waals surface area contributed by atoms with E-state index in [-0.39, 0.29) is 17.2 Å². The molecule has 2 aliphatic rings. The number of carbonyl (C=O) groups excluding carboxylic acids is 1. The number of H-pyrrole nitrogens is 1. The molecule has 0 radical (unpaired) electrons. The summed E-state index contributed by atoms with van der Waals surface area (Å²) in [5.74, 6) is 0.717. The zero-order chi connectivity index (χ0) is 26.5. The van der Waals surface area contributed by atoms with Crippen LogP contribution in [0.4, 0.5) is 18.9 Å². The van der Waals surface area contributed by atoms with Gasteiger partial charge < -0.3 is 19.7 Å². The van der Waals surface area contributed by atoms with E-state index < -0.39 is 25.8 Å². The van der Waals surface area contributed by atoms with Crippen LogP contribution >= 0.6 is 0 Å². The Morgan fingerprint density at radius 1 is 1.00 bits per heavy atom. The van der Waals surface area contributed by atoms with Crippen molar-refractivity contribution in [1.82, 2.24) is 14.8 Å². The van der Waals surface area contributed by atoms with E-state index in [4.69, 9.17) is 0 Å². The Balaban J connectivity index is 1.60. The molecule has 0 aliphatic carbocycles. The molecule has 1 fully saturated rings. The molecule has 3 heterocycles. The second kappa shape index (κ2) is 9.58.